The van der Waals surface area contributed by atoms with E-state index in [4.69, 9.17) is 9.47 Å². The van der Waals surface area contributed by atoms with Gasteiger partial charge in [-0.2, -0.15) is 0 Å². The van der Waals surface area contributed by atoms with Gasteiger partial charge in [-0.25, -0.2) is 0 Å². The van der Waals surface area contributed by atoms with E-state index in [-0.39, 0.29) is 42.9 Å². The Bertz CT molecular complexity index is 558. The van der Waals surface area contributed by atoms with Gasteiger partial charge in [0.2, 0.25) is 5.91 Å². The van der Waals surface area contributed by atoms with Crippen LogP contribution in [0.1, 0.15) is 0 Å². The monoisotopic (exact) mass is 280 g/mol. The summed E-state index contributed by atoms with van der Waals surface area (Å²) in [5.41, 5.74) is -0.226. The number of aliphatic hydroxyl groups is 1. The van der Waals surface area contributed by atoms with E-state index < -0.39 is 6.10 Å². The topological polar surface area (TPSA) is 89.8 Å². The molecule has 2 N–H and O–H groups in total. The van der Waals surface area contributed by atoms with E-state index in [1.165, 1.54) is 10.6 Å². The molecule has 108 valence electrons. The molecule has 2 aliphatic heterocycles. The van der Waals surface area contributed by atoms with E-state index in [0.717, 1.165) is 0 Å². The second-order valence-corrected chi connectivity index (χ2v) is 5.00. The Balaban J connectivity index is 1.60. The van der Waals surface area contributed by atoms with Gasteiger partial charge in [0, 0.05) is 12.3 Å². The van der Waals surface area contributed by atoms with Crippen LogP contribution in [0.2, 0.25) is 0 Å². The van der Waals surface area contributed by atoms with Crippen molar-refractivity contribution in [2.45, 2.75) is 30.9 Å². The Labute approximate surface area is 115 Å². The van der Waals surface area contributed by atoms with Gasteiger partial charge >= 0.3 is 0 Å². The molecule has 0 spiro atoms. The second-order valence-electron chi connectivity index (χ2n) is 5.00. The maximum Gasteiger partial charge on any atom is 0.250 e. The highest BCUT2D eigenvalue weighted by Crippen LogP contribution is 2.26. The number of hydrogen-bond acceptors (Lipinski definition) is 5. The van der Waals surface area contributed by atoms with Crippen LogP contribution in [0, 0.1) is 0 Å². The van der Waals surface area contributed by atoms with Crippen LogP contribution in [0.5, 0.6) is 0 Å². The standard InChI is InChI=1S/C13H16N2O5/c16-9-7-20-12-8(6-19-13(9)12)14-10(17)5-15-4-2-1-3-11(15)18/h1-4,8-9,12-13,16H,5-7H2,(H,14,17)/t8-,9-,12+,13+/m0/s1. The predicted molar refractivity (Wildman–Crippen MR) is 68.1 cm³/mol. The first-order valence-corrected chi connectivity index (χ1v) is 6.51. The fourth-order valence-corrected chi connectivity index (χ4v) is 2.60. The lowest BCUT2D eigenvalue weighted by Crippen LogP contribution is -2.46. The van der Waals surface area contributed by atoms with E-state index in [0.29, 0.717) is 6.61 Å². The van der Waals surface area contributed by atoms with E-state index in [9.17, 15) is 14.7 Å². The van der Waals surface area contributed by atoms with Crippen LogP contribution in [0.25, 0.3) is 0 Å². The summed E-state index contributed by atoms with van der Waals surface area (Å²) in [4.78, 5) is 23.5. The molecule has 2 fully saturated rings. The summed E-state index contributed by atoms with van der Waals surface area (Å²) in [7, 11) is 0. The van der Waals surface area contributed by atoms with Crippen molar-refractivity contribution < 1.29 is 19.4 Å². The first-order chi connectivity index (χ1) is 9.65. The number of hydrogen-bond donors (Lipinski definition) is 2. The third kappa shape index (κ3) is 2.47. The number of fused-ring (bicyclic) bond motifs is 1. The van der Waals surface area contributed by atoms with Gasteiger partial charge in [0.25, 0.3) is 5.56 Å². The summed E-state index contributed by atoms with van der Waals surface area (Å²) >= 11 is 0. The molecule has 7 nitrogen and oxygen atoms in total. The van der Waals surface area contributed by atoms with Crippen LogP contribution < -0.4 is 10.9 Å². The molecule has 1 aromatic heterocycles. The Morgan fingerprint density at radius 2 is 2.15 bits per heavy atom. The third-order valence-corrected chi connectivity index (χ3v) is 3.59. The molecule has 0 aromatic carbocycles. The van der Waals surface area contributed by atoms with Crippen LogP contribution in [-0.4, -0.2) is 53.1 Å². The Kier molecular flexibility index (Phi) is 3.56. The predicted octanol–water partition coefficient (Wildman–Crippen LogP) is -1.51. The summed E-state index contributed by atoms with van der Waals surface area (Å²) < 4.78 is 12.2. The minimum Gasteiger partial charge on any atom is -0.388 e. The SMILES string of the molecule is O=C(Cn1ccccc1=O)N[C@H]1CO[C@H]2[C@@H]1OC[C@@H]2O. The first kappa shape index (κ1) is 13.3. The van der Waals surface area contributed by atoms with E-state index in [1.54, 1.807) is 18.3 Å². The van der Waals surface area contributed by atoms with Crippen molar-refractivity contribution in [2.75, 3.05) is 13.2 Å². The zero-order valence-electron chi connectivity index (χ0n) is 10.8. The molecule has 1 aromatic rings. The zero-order chi connectivity index (χ0) is 14.1. The molecule has 0 radical (unpaired) electrons. The molecule has 4 atom stereocenters. The van der Waals surface area contributed by atoms with Crippen LogP contribution in [-0.2, 0) is 20.8 Å². The number of carbonyl (C=O) groups excluding carboxylic acids is 1. The first-order valence-electron chi connectivity index (χ1n) is 6.51. The molecule has 3 rings (SSSR count). The molecule has 2 aliphatic rings. The maximum atomic E-state index is 11.9. The van der Waals surface area contributed by atoms with Gasteiger partial charge in [0.15, 0.2) is 0 Å². The zero-order valence-corrected chi connectivity index (χ0v) is 10.8. The highest BCUT2D eigenvalue weighted by atomic mass is 16.6. The van der Waals surface area contributed by atoms with E-state index in [1.807, 2.05) is 0 Å². The lowest BCUT2D eigenvalue weighted by atomic mass is 10.1. The van der Waals surface area contributed by atoms with Gasteiger partial charge in [-0.15, -0.1) is 0 Å². The third-order valence-electron chi connectivity index (χ3n) is 3.59. The fraction of sp³-hybridized carbons (Fsp3) is 0.538. The number of aliphatic hydroxyl groups excluding tert-OH is 1. The molecule has 2 saturated heterocycles. The minimum absolute atomic E-state index is 0.0455. The van der Waals surface area contributed by atoms with Crippen molar-refractivity contribution >= 4 is 5.91 Å². The molecule has 0 unspecified atom stereocenters. The minimum atomic E-state index is -0.640. The number of nitrogens with one attached hydrogen (secondary N) is 1. The fourth-order valence-electron chi connectivity index (χ4n) is 2.60. The van der Waals surface area contributed by atoms with Crippen molar-refractivity contribution in [2.24, 2.45) is 0 Å². The van der Waals surface area contributed by atoms with Crippen molar-refractivity contribution in [3.63, 3.8) is 0 Å². The summed E-state index contributed by atoms with van der Waals surface area (Å²) in [5, 5.41) is 12.4. The maximum absolute atomic E-state index is 11.9. The summed E-state index contributed by atoms with van der Waals surface area (Å²) in [6.45, 7) is 0.484. The van der Waals surface area contributed by atoms with Crippen LogP contribution in [0.15, 0.2) is 29.2 Å². The van der Waals surface area contributed by atoms with Crippen LogP contribution >= 0.6 is 0 Å². The summed E-state index contributed by atoms with van der Waals surface area (Å²) in [5.74, 6) is -0.280. The molecule has 20 heavy (non-hydrogen) atoms. The van der Waals surface area contributed by atoms with Crippen molar-refractivity contribution in [1.82, 2.24) is 9.88 Å². The Morgan fingerprint density at radius 1 is 1.35 bits per heavy atom. The van der Waals surface area contributed by atoms with Crippen molar-refractivity contribution in [3.8, 4) is 0 Å². The molecule has 3 heterocycles. The van der Waals surface area contributed by atoms with Crippen LogP contribution in [0.4, 0.5) is 0 Å². The molecule has 7 heteroatoms. The van der Waals surface area contributed by atoms with Crippen molar-refractivity contribution in [3.05, 3.63) is 34.7 Å². The van der Waals surface area contributed by atoms with Gasteiger partial charge in [-0.05, 0) is 6.07 Å². The lowest BCUT2D eigenvalue weighted by molar-refractivity contribution is -0.123. The molecule has 0 aliphatic carbocycles. The number of nitrogens with zero attached hydrogens (tertiary/aromatic N) is 1. The normalized spacial score (nSPS) is 32.0. The van der Waals surface area contributed by atoms with Crippen LogP contribution in [0.3, 0.4) is 0 Å². The Hall–Kier alpha value is -1.70. The quantitative estimate of drug-likeness (QED) is 0.703. The van der Waals surface area contributed by atoms with Crippen molar-refractivity contribution in [1.29, 1.82) is 0 Å². The summed E-state index contributed by atoms with van der Waals surface area (Å²) in [6.07, 6.45) is 0.228. The lowest BCUT2D eigenvalue weighted by Gasteiger charge is -2.17. The molecule has 0 saturated carbocycles. The number of aromatic nitrogens is 1. The van der Waals surface area contributed by atoms with E-state index in [2.05, 4.69) is 5.32 Å². The van der Waals surface area contributed by atoms with Gasteiger partial charge in [-0.3, -0.25) is 9.59 Å². The smallest absolute Gasteiger partial charge is 0.250 e. The highest BCUT2D eigenvalue weighted by molar-refractivity contribution is 5.76. The highest BCUT2D eigenvalue weighted by Gasteiger charge is 2.47. The van der Waals surface area contributed by atoms with Gasteiger partial charge in [0.05, 0.1) is 19.3 Å². The number of ether oxygens (including phenoxy) is 2. The molecule has 1 amide bonds. The number of amides is 1. The second kappa shape index (κ2) is 5.35. The Morgan fingerprint density at radius 3 is 2.95 bits per heavy atom. The molecular weight excluding hydrogens is 264 g/mol. The van der Waals surface area contributed by atoms with E-state index >= 15 is 0 Å². The average molecular weight is 280 g/mol. The summed E-state index contributed by atoms with van der Waals surface area (Å²) in [6, 6.07) is 4.43. The van der Waals surface area contributed by atoms with Gasteiger partial charge in [-0.1, -0.05) is 6.07 Å². The van der Waals surface area contributed by atoms with Gasteiger partial charge in [0.1, 0.15) is 24.9 Å². The number of rotatable bonds is 3. The number of carbonyl (C=O) groups is 1. The average Bonchev–Trinajstić information content (AvgIpc) is 2.97. The number of pyridine rings is 1. The largest absolute Gasteiger partial charge is 0.388 e. The van der Waals surface area contributed by atoms with Gasteiger partial charge < -0.3 is 24.5 Å². The molecular formula is C13H16N2O5. The molecule has 0 bridgehead atoms.